The summed E-state index contributed by atoms with van der Waals surface area (Å²) >= 11 is 0. The highest BCUT2D eigenvalue weighted by Gasteiger charge is 2.05. The standard InChI is InChI=1S/C8H5N3O2.C2H6/c12-11(13)6-1-2-7-8(5-6)10-4-3-9-7;1-2/h1-5H;1-2H3. The van der Waals surface area contributed by atoms with Crippen LogP contribution < -0.4 is 0 Å². The average molecular weight is 205 g/mol. The summed E-state index contributed by atoms with van der Waals surface area (Å²) in [5.74, 6) is 0. The van der Waals surface area contributed by atoms with Gasteiger partial charge in [-0.25, -0.2) is 0 Å². The third-order valence-corrected chi connectivity index (χ3v) is 1.66. The van der Waals surface area contributed by atoms with Crippen LogP contribution in [0.2, 0.25) is 0 Å². The summed E-state index contributed by atoms with van der Waals surface area (Å²) in [6.45, 7) is 4.00. The van der Waals surface area contributed by atoms with Crippen molar-refractivity contribution in [3.63, 3.8) is 0 Å². The minimum absolute atomic E-state index is 0.0352. The average Bonchev–Trinajstić information content (AvgIpc) is 2.31. The summed E-state index contributed by atoms with van der Waals surface area (Å²) < 4.78 is 0. The van der Waals surface area contributed by atoms with E-state index in [0.717, 1.165) is 0 Å². The third kappa shape index (κ3) is 2.46. The zero-order chi connectivity index (χ0) is 11.3. The van der Waals surface area contributed by atoms with Crippen molar-refractivity contribution in [3.8, 4) is 0 Å². The van der Waals surface area contributed by atoms with Crippen molar-refractivity contribution in [1.29, 1.82) is 0 Å². The lowest BCUT2D eigenvalue weighted by Crippen LogP contribution is -1.89. The first-order valence-electron chi connectivity index (χ1n) is 4.62. The van der Waals surface area contributed by atoms with Gasteiger partial charge in [0, 0.05) is 24.5 Å². The number of non-ortho nitro benzene ring substituents is 1. The first-order valence-corrected chi connectivity index (χ1v) is 4.62. The third-order valence-electron chi connectivity index (χ3n) is 1.66. The molecule has 2 aromatic rings. The predicted molar refractivity (Wildman–Crippen MR) is 57.5 cm³/mol. The van der Waals surface area contributed by atoms with Crippen LogP contribution in [0.25, 0.3) is 11.0 Å². The predicted octanol–water partition coefficient (Wildman–Crippen LogP) is 2.56. The van der Waals surface area contributed by atoms with E-state index in [0.29, 0.717) is 11.0 Å². The maximum absolute atomic E-state index is 10.4. The Balaban J connectivity index is 0.000000531. The van der Waals surface area contributed by atoms with Gasteiger partial charge in [0.1, 0.15) is 0 Å². The topological polar surface area (TPSA) is 68.9 Å². The lowest BCUT2D eigenvalue weighted by atomic mass is 10.3. The zero-order valence-electron chi connectivity index (χ0n) is 8.54. The fourth-order valence-electron chi connectivity index (χ4n) is 1.07. The Morgan fingerprint density at radius 2 is 1.73 bits per heavy atom. The molecular weight excluding hydrogens is 194 g/mol. The number of fused-ring (bicyclic) bond motifs is 1. The summed E-state index contributed by atoms with van der Waals surface area (Å²) in [5, 5.41) is 10.4. The molecule has 1 aromatic heterocycles. The van der Waals surface area contributed by atoms with Crippen LogP contribution in [-0.2, 0) is 0 Å². The molecule has 0 radical (unpaired) electrons. The van der Waals surface area contributed by atoms with E-state index in [2.05, 4.69) is 9.97 Å². The van der Waals surface area contributed by atoms with Gasteiger partial charge in [-0.2, -0.15) is 0 Å². The van der Waals surface area contributed by atoms with Crippen LogP contribution in [0.4, 0.5) is 5.69 Å². The maximum Gasteiger partial charge on any atom is 0.271 e. The Morgan fingerprint density at radius 1 is 1.13 bits per heavy atom. The second kappa shape index (κ2) is 4.99. The van der Waals surface area contributed by atoms with Crippen molar-refractivity contribution in [2.24, 2.45) is 0 Å². The molecule has 0 spiro atoms. The van der Waals surface area contributed by atoms with Crippen LogP contribution in [0, 0.1) is 10.1 Å². The van der Waals surface area contributed by atoms with Gasteiger partial charge in [0.15, 0.2) is 0 Å². The fraction of sp³-hybridized carbons (Fsp3) is 0.200. The number of nitrogens with zero attached hydrogens (tertiary/aromatic N) is 3. The number of benzene rings is 1. The first kappa shape index (κ1) is 11.0. The summed E-state index contributed by atoms with van der Waals surface area (Å²) in [6.07, 6.45) is 3.06. The van der Waals surface area contributed by atoms with Gasteiger partial charge in [0.05, 0.1) is 16.0 Å². The molecule has 0 aliphatic carbocycles. The molecule has 0 fully saturated rings. The minimum atomic E-state index is -0.450. The molecule has 78 valence electrons. The zero-order valence-corrected chi connectivity index (χ0v) is 8.54. The number of aromatic nitrogens is 2. The molecule has 5 nitrogen and oxygen atoms in total. The van der Waals surface area contributed by atoms with Crippen molar-refractivity contribution < 1.29 is 4.92 Å². The summed E-state index contributed by atoms with van der Waals surface area (Å²) in [6, 6.07) is 4.40. The maximum atomic E-state index is 10.4. The lowest BCUT2D eigenvalue weighted by Gasteiger charge is -1.94. The second-order valence-corrected chi connectivity index (χ2v) is 2.49. The quantitative estimate of drug-likeness (QED) is 0.530. The summed E-state index contributed by atoms with van der Waals surface area (Å²) in [4.78, 5) is 17.9. The van der Waals surface area contributed by atoms with E-state index in [9.17, 15) is 10.1 Å². The number of nitro benzene ring substituents is 1. The van der Waals surface area contributed by atoms with Gasteiger partial charge in [-0.3, -0.25) is 20.1 Å². The van der Waals surface area contributed by atoms with Crippen LogP contribution in [0.15, 0.2) is 30.6 Å². The lowest BCUT2D eigenvalue weighted by molar-refractivity contribution is -0.384. The molecule has 1 aromatic carbocycles. The largest absolute Gasteiger partial charge is 0.271 e. The van der Waals surface area contributed by atoms with Crippen LogP contribution in [-0.4, -0.2) is 14.9 Å². The highest BCUT2D eigenvalue weighted by molar-refractivity contribution is 5.76. The normalized spacial score (nSPS) is 9.20. The van der Waals surface area contributed by atoms with Crippen molar-refractivity contribution in [1.82, 2.24) is 9.97 Å². The van der Waals surface area contributed by atoms with E-state index >= 15 is 0 Å². The Bertz CT molecular complexity index is 471. The molecule has 0 aliphatic rings. The molecule has 0 amide bonds. The van der Waals surface area contributed by atoms with Crippen molar-refractivity contribution in [2.75, 3.05) is 0 Å². The highest BCUT2D eigenvalue weighted by atomic mass is 16.6. The van der Waals surface area contributed by atoms with Crippen LogP contribution in [0.1, 0.15) is 13.8 Å². The molecule has 2 rings (SSSR count). The van der Waals surface area contributed by atoms with E-state index in [1.54, 1.807) is 12.3 Å². The molecule has 1 heterocycles. The molecule has 15 heavy (non-hydrogen) atoms. The summed E-state index contributed by atoms with van der Waals surface area (Å²) in [5.41, 5.74) is 1.23. The molecular formula is C10H11N3O2. The summed E-state index contributed by atoms with van der Waals surface area (Å²) in [7, 11) is 0. The molecule has 0 saturated carbocycles. The van der Waals surface area contributed by atoms with Crippen LogP contribution in [0.3, 0.4) is 0 Å². The number of hydrogen-bond donors (Lipinski definition) is 0. The number of hydrogen-bond acceptors (Lipinski definition) is 4. The van der Waals surface area contributed by atoms with Gasteiger partial charge >= 0.3 is 0 Å². The smallest absolute Gasteiger partial charge is 0.258 e. The molecule has 0 saturated heterocycles. The van der Waals surface area contributed by atoms with Crippen LogP contribution in [0.5, 0.6) is 0 Å². The van der Waals surface area contributed by atoms with Crippen molar-refractivity contribution in [3.05, 3.63) is 40.7 Å². The Morgan fingerprint density at radius 3 is 2.33 bits per heavy atom. The van der Waals surface area contributed by atoms with Crippen molar-refractivity contribution in [2.45, 2.75) is 13.8 Å². The van der Waals surface area contributed by atoms with Gasteiger partial charge in [-0.1, -0.05) is 13.8 Å². The highest BCUT2D eigenvalue weighted by Crippen LogP contribution is 2.16. The van der Waals surface area contributed by atoms with Gasteiger partial charge in [-0.05, 0) is 6.07 Å². The first-order chi connectivity index (χ1) is 7.27. The van der Waals surface area contributed by atoms with E-state index in [1.807, 2.05) is 13.8 Å². The second-order valence-electron chi connectivity index (χ2n) is 2.49. The van der Waals surface area contributed by atoms with E-state index in [-0.39, 0.29) is 5.69 Å². The molecule has 0 bridgehead atoms. The van der Waals surface area contributed by atoms with Crippen molar-refractivity contribution >= 4 is 16.7 Å². The van der Waals surface area contributed by atoms with Crippen LogP contribution >= 0.6 is 0 Å². The van der Waals surface area contributed by atoms with Gasteiger partial charge in [0.25, 0.3) is 5.69 Å². The molecule has 0 N–H and O–H groups in total. The molecule has 0 atom stereocenters. The minimum Gasteiger partial charge on any atom is -0.258 e. The molecule has 0 aliphatic heterocycles. The Kier molecular flexibility index (Phi) is 3.68. The molecule has 5 heteroatoms. The number of nitro groups is 1. The number of rotatable bonds is 1. The van der Waals surface area contributed by atoms with Gasteiger partial charge in [-0.15, -0.1) is 0 Å². The monoisotopic (exact) mass is 205 g/mol. The van der Waals surface area contributed by atoms with E-state index in [4.69, 9.17) is 0 Å². The molecule has 0 unspecified atom stereocenters. The van der Waals surface area contributed by atoms with E-state index in [1.165, 1.54) is 18.3 Å². The Labute approximate surface area is 86.9 Å². The van der Waals surface area contributed by atoms with Gasteiger partial charge < -0.3 is 0 Å². The fourth-order valence-corrected chi connectivity index (χ4v) is 1.07. The Hall–Kier alpha value is -2.04. The van der Waals surface area contributed by atoms with Gasteiger partial charge in [0.2, 0.25) is 0 Å². The SMILES string of the molecule is CC.O=[N+]([O-])c1ccc2nccnc2c1. The van der Waals surface area contributed by atoms with E-state index < -0.39 is 4.92 Å².